The molecule has 1 N–H and O–H groups in total. The maximum absolute atomic E-state index is 9.67. The van der Waals surface area contributed by atoms with Crippen LogP contribution in [-0.4, -0.2) is 35.1 Å². The van der Waals surface area contributed by atoms with Gasteiger partial charge in [0.05, 0.1) is 19.1 Å². The third-order valence-electron chi connectivity index (χ3n) is 1.93. The van der Waals surface area contributed by atoms with Crippen LogP contribution < -0.4 is 0 Å². The summed E-state index contributed by atoms with van der Waals surface area (Å²) < 4.78 is 5.13. The molecule has 0 amide bonds. The van der Waals surface area contributed by atoms with Crippen LogP contribution in [0.5, 0.6) is 0 Å². The van der Waals surface area contributed by atoms with Crippen LogP contribution in [0.15, 0.2) is 0 Å². The van der Waals surface area contributed by atoms with E-state index in [2.05, 4.69) is 0 Å². The van der Waals surface area contributed by atoms with Crippen molar-refractivity contribution in [3.8, 4) is 6.07 Å². The third-order valence-corrected chi connectivity index (χ3v) is 1.93. The zero-order valence-corrected chi connectivity index (χ0v) is 13.4. The normalized spacial score (nSPS) is 11.3. The molecule has 0 aromatic heterocycles. The molecule has 1 unspecified atom stereocenters. The third kappa shape index (κ3) is 11.8. The van der Waals surface area contributed by atoms with Gasteiger partial charge in [-0.05, 0) is 27.7 Å². The molecule has 0 fully saturated rings. The second-order valence-electron chi connectivity index (χ2n) is 3.74. The van der Waals surface area contributed by atoms with Crippen LogP contribution in [0.25, 0.3) is 0 Å². The predicted molar refractivity (Wildman–Crippen MR) is 77.0 cm³/mol. The Morgan fingerprint density at radius 2 is 1.44 bits per heavy atom. The number of nitriles is 1. The maximum Gasteiger partial charge on any atom is 0.216 e. The lowest BCUT2D eigenvalue weighted by atomic mass is 10.2. The van der Waals surface area contributed by atoms with E-state index in [1.165, 1.54) is 0 Å². The number of ether oxygens (including phenoxy) is 1. The van der Waals surface area contributed by atoms with Crippen LogP contribution >= 0.6 is 0 Å². The molecular formula is C14H32N2O2. The largest absolute Gasteiger partial charge is 0.356 e. The number of hydrogen-bond donors (Lipinski definition) is 1. The van der Waals surface area contributed by atoms with Crippen molar-refractivity contribution in [2.24, 2.45) is 0 Å². The van der Waals surface area contributed by atoms with Gasteiger partial charge < -0.3 is 9.84 Å². The van der Waals surface area contributed by atoms with Gasteiger partial charge in [0.2, 0.25) is 6.41 Å². The molecule has 0 spiro atoms. The summed E-state index contributed by atoms with van der Waals surface area (Å²) in [6.45, 7) is 16.3. The first-order chi connectivity index (χ1) is 8.50. The van der Waals surface area contributed by atoms with Crippen molar-refractivity contribution >= 4 is 0 Å². The summed E-state index contributed by atoms with van der Waals surface area (Å²) in [4.78, 5) is 1.84. The standard InChI is InChI=1S/C10H20N2O2.2C2H6/c1-8(2)12(9(3)4)10(13)14-7-5-6-11;2*1-2/h8-10,13H,5,7H2,1-4H3;2*1-2H3. The van der Waals surface area contributed by atoms with Crippen molar-refractivity contribution in [2.45, 2.75) is 80.3 Å². The van der Waals surface area contributed by atoms with Gasteiger partial charge in [0.15, 0.2) is 0 Å². The summed E-state index contributed by atoms with van der Waals surface area (Å²) >= 11 is 0. The van der Waals surface area contributed by atoms with Gasteiger partial charge in [-0.15, -0.1) is 0 Å². The van der Waals surface area contributed by atoms with E-state index in [1.54, 1.807) is 0 Å². The van der Waals surface area contributed by atoms with Gasteiger partial charge >= 0.3 is 0 Å². The average molecular weight is 260 g/mol. The molecule has 0 bridgehead atoms. The van der Waals surface area contributed by atoms with Crippen LogP contribution in [0.1, 0.15) is 61.8 Å². The second-order valence-corrected chi connectivity index (χ2v) is 3.74. The number of aliphatic hydroxyl groups excluding tert-OH is 1. The Kier molecular flexibility index (Phi) is 20.5. The van der Waals surface area contributed by atoms with E-state index in [9.17, 15) is 5.11 Å². The number of hydrogen-bond acceptors (Lipinski definition) is 4. The first kappa shape index (κ1) is 22.5. The molecule has 0 heterocycles. The van der Waals surface area contributed by atoms with E-state index >= 15 is 0 Å². The molecule has 0 saturated heterocycles. The molecule has 0 aliphatic carbocycles. The van der Waals surface area contributed by atoms with E-state index < -0.39 is 6.41 Å². The summed E-state index contributed by atoms with van der Waals surface area (Å²) in [6.07, 6.45) is -0.607. The van der Waals surface area contributed by atoms with E-state index in [1.807, 2.05) is 66.4 Å². The lowest BCUT2D eigenvalue weighted by Crippen LogP contribution is -2.46. The summed E-state index contributed by atoms with van der Waals surface area (Å²) in [5.74, 6) is 0. The van der Waals surface area contributed by atoms with Gasteiger partial charge in [-0.3, -0.25) is 4.90 Å². The Balaban J connectivity index is -0.000000506. The van der Waals surface area contributed by atoms with Crippen molar-refractivity contribution in [1.29, 1.82) is 5.26 Å². The smallest absolute Gasteiger partial charge is 0.216 e. The van der Waals surface area contributed by atoms with E-state index in [-0.39, 0.29) is 18.7 Å². The molecule has 110 valence electrons. The van der Waals surface area contributed by atoms with Crippen LogP contribution in [0.3, 0.4) is 0 Å². The predicted octanol–water partition coefficient (Wildman–Crippen LogP) is 3.36. The highest BCUT2D eigenvalue weighted by Gasteiger charge is 2.21. The van der Waals surface area contributed by atoms with Crippen molar-refractivity contribution in [3.63, 3.8) is 0 Å². The lowest BCUT2D eigenvalue weighted by molar-refractivity contribution is -0.211. The van der Waals surface area contributed by atoms with E-state index in [0.717, 1.165) is 0 Å². The Morgan fingerprint density at radius 3 is 1.72 bits per heavy atom. The highest BCUT2D eigenvalue weighted by Crippen LogP contribution is 2.09. The van der Waals surface area contributed by atoms with Gasteiger partial charge in [-0.2, -0.15) is 5.26 Å². The molecule has 0 aromatic carbocycles. The SMILES string of the molecule is CC.CC.CC(C)N(C(C)C)C(O)OCCC#N. The zero-order valence-electron chi connectivity index (χ0n) is 13.4. The Hall–Kier alpha value is -0.630. The monoisotopic (exact) mass is 260 g/mol. The van der Waals surface area contributed by atoms with Crippen molar-refractivity contribution < 1.29 is 9.84 Å². The molecule has 0 aliphatic rings. The minimum atomic E-state index is -0.914. The fourth-order valence-electron chi connectivity index (χ4n) is 1.40. The Bertz CT molecular complexity index is 181. The summed E-state index contributed by atoms with van der Waals surface area (Å²) in [6, 6.07) is 2.40. The number of rotatable bonds is 6. The van der Waals surface area contributed by atoms with Crippen molar-refractivity contribution in [1.82, 2.24) is 4.90 Å². The molecule has 4 nitrogen and oxygen atoms in total. The number of aliphatic hydroxyl groups is 1. The molecule has 0 aromatic rings. The fraction of sp³-hybridized carbons (Fsp3) is 0.929. The summed E-state index contributed by atoms with van der Waals surface area (Å²) in [5, 5.41) is 18.0. The molecule has 0 saturated carbocycles. The first-order valence-corrected chi connectivity index (χ1v) is 6.94. The quantitative estimate of drug-likeness (QED) is 0.587. The van der Waals surface area contributed by atoms with Crippen LogP contribution in [-0.2, 0) is 4.74 Å². The Morgan fingerprint density at radius 1 is 1.06 bits per heavy atom. The molecule has 18 heavy (non-hydrogen) atoms. The fourth-order valence-corrected chi connectivity index (χ4v) is 1.40. The molecule has 0 radical (unpaired) electrons. The number of nitrogens with zero attached hydrogens (tertiary/aromatic N) is 2. The van der Waals surface area contributed by atoms with Gasteiger partial charge in [-0.25, -0.2) is 0 Å². The van der Waals surface area contributed by atoms with Gasteiger partial charge in [0.25, 0.3) is 0 Å². The van der Waals surface area contributed by atoms with Crippen molar-refractivity contribution in [2.75, 3.05) is 6.61 Å². The molecule has 0 aliphatic heterocycles. The highest BCUT2D eigenvalue weighted by atomic mass is 16.6. The first-order valence-electron chi connectivity index (χ1n) is 6.94. The topological polar surface area (TPSA) is 56.5 Å². The highest BCUT2D eigenvalue weighted by molar-refractivity contribution is 4.69. The van der Waals surface area contributed by atoms with E-state index in [4.69, 9.17) is 10.00 Å². The summed E-state index contributed by atoms with van der Waals surface area (Å²) in [5.41, 5.74) is 0. The molecular weight excluding hydrogens is 228 g/mol. The second kappa shape index (κ2) is 16.4. The van der Waals surface area contributed by atoms with Crippen LogP contribution in [0, 0.1) is 11.3 Å². The maximum atomic E-state index is 9.67. The van der Waals surface area contributed by atoms with Crippen molar-refractivity contribution in [3.05, 3.63) is 0 Å². The van der Waals surface area contributed by atoms with E-state index in [0.29, 0.717) is 6.42 Å². The minimum absolute atomic E-state index is 0.215. The van der Waals surface area contributed by atoms with Gasteiger partial charge in [0, 0.05) is 12.1 Å². The molecule has 4 heteroatoms. The van der Waals surface area contributed by atoms with Crippen LogP contribution in [0.2, 0.25) is 0 Å². The average Bonchev–Trinajstić information content (AvgIpc) is 2.33. The minimum Gasteiger partial charge on any atom is -0.356 e. The zero-order chi connectivity index (χ0) is 15.1. The van der Waals surface area contributed by atoms with Gasteiger partial charge in [-0.1, -0.05) is 27.7 Å². The Labute approximate surface area is 114 Å². The summed E-state index contributed by atoms with van der Waals surface area (Å²) in [7, 11) is 0. The van der Waals surface area contributed by atoms with Gasteiger partial charge in [0.1, 0.15) is 0 Å². The molecule has 1 atom stereocenters. The molecule has 0 rings (SSSR count). The van der Waals surface area contributed by atoms with Crippen LogP contribution in [0.4, 0.5) is 0 Å². The lowest BCUT2D eigenvalue weighted by Gasteiger charge is -2.34.